The molecule has 2 nitrogen and oxygen atoms in total. The summed E-state index contributed by atoms with van der Waals surface area (Å²) in [4.78, 5) is 10.7. The van der Waals surface area contributed by atoms with Gasteiger partial charge >= 0.3 is 6.18 Å². The van der Waals surface area contributed by atoms with Crippen molar-refractivity contribution in [1.29, 1.82) is 0 Å². The number of aldehydes is 1. The van der Waals surface area contributed by atoms with Crippen LogP contribution < -0.4 is 4.74 Å². The van der Waals surface area contributed by atoms with Gasteiger partial charge in [-0.05, 0) is 58.7 Å². The van der Waals surface area contributed by atoms with Crippen molar-refractivity contribution in [3.05, 3.63) is 57.6 Å². The van der Waals surface area contributed by atoms with Gasteiger partial charge in [0.1, 0.15) is 11.5 Å². The number of ether oxygens (including phenoxy) is 1. The minimum absolute atomic E-state index is 0.0116. The smallest absolute Gasteiger partial charge is 0.417 e. The Labute approximate surface area is 127 Å². The first kappa shape index (κ1) is 15.6. The molecule has 0 spiro atoms. The highest BCUT2D eigenvalue weighted by atomic mass is 79.9. The van der Waals surface area contributed by atoms with Crippen molar-refractivity contribution in [3.63, 3.8) is 0 Å². The minimum atomic E-state index is -4.61. The molecule has 0 amide bonds. The number of benzene rings is 2. The molecule has 2 aromatic carbocycles. The largest absolute Gasteiger partial charge is 0.456 e. The molecule has 0 heterocycles. The molecule has 0 aliphatic heterocycles. The van der Waals surface area contributed by atoms with Gasteiger partial charge < -0.3 is 4.74 Å². The zero-order chi connectivity index (χ0) is 15.6. The van der Waals surface area contributed by atoms with Gasteiger partial charge in [0, 0.05) is 5.56 Å². The molecule has 0 bridgehead atoms. The molecule has 21 heavy (non-hydrogen) atoms. The quantitative estimate of drug-likeness (QED) is 0.688. The topological polar surface area (TPSA) is 26.3 Å². The highest BCUT2D eigenvalue weighted by Gasteiger charge is 2.33. The molecule has 0 aromatic heterocycles. The lowest BCUT2D eigenvalue weighted by molar-refractivity contribution is -0.137. The molecule has 0 aliphatic rings. The summed E-state index contributed by atoms with van der Waals surface area (Å²) < 4.78 is 44.7. The summed E-state index contributed by atoms with van der Waals surface area (Å²) in [5.41, 5.74) is -0.447. The van der Waals surface area contributed by atoms with E-state index in [2.05, 4.69) is 15.9 Å². The summed E-state index contributed by atoms with van der Waals surface area (Å²) >= 11 is 3.29. The van der Waals surface area contributed by atoms with Crippen molar-refractivity contribution in [3.8, 4) is 11.5 Å². The summed E-state index contributed by atoms with van der Waals surface area (Å²) in [6.07, 6.45) is -4.44. The molecule has 110 valence electrons. The molecule has 2 rings (SSSR count). The Morgan fingerprint density at radius 2 is 1.86 bits per heavy atom. The van der Waals surface area contributed by atoms with Gasteiger partial charge in [0.15, 0.2) is 6.29 Å². The van der Waals surface area contributed by atoms with E-state index in [-0.39, 0.29) is 12.0 Å². The van der Waals surface area contributed by atoms with Crippen LogP contribution >= 0.6 is 15.9 Å². The molecule has 0 saturated heterocycles. The predicted molar refractivity (Wildman–Crippen MR) is 75.8 cm³/mol. The number of carbonyl (C=O) groups is 1. The molecule has 0 radical (unpaired) electrons. The maximum Gasteiger partial charge on any atom is 0.417 e. The van der Waals surface area contributed by atoms with Gasteiger partial charge in [0.2, 0.25) is 0 Å². The lowest BCUT2D eigenvalue weighted by Crippen LogP contribution is -2.09. The van der Waals surface area contributed by atoms with Crippen LogP contribution in [0.4, 0.5) is 13.2 Å². The first-order valence-corrected chi connectivity index (χ1v) is 6.71. The summed E-state index contributed by atoms with van der Waals surface area (Å²) in [5.74, 6) is 0.407. The third-order valence-corrected chi connectivity index (χ3v) is 3.39. The fourth-order valence-electron chi connectivity index (χ4n) is 1.76. The summed E-state index contributed by atoms with van der Waals surface area (Å²) in [6, 6.07) is 8.46. The van der Waals surface area contributed by atoms with E-state index in [1.54, 1.807) is 18.2 Å². The zero-order valence-corrected chi connectivity index (χ0v) is 12.5. The Hall–Kier alpha value is -1.82. The van der Waals surface area contributed by atoms with E-state index in [1.807, 2.05) is 6.92 Å². The molecular weight excluding hydrogens is 349 g/mol. The second kappa shape index (κ2) is 5.89. The second-order valence-corrected chi connectivity index (χ2v) is 5.25. The average Bonchev–Trinajstić information content (AvgIpc) is 2.41. The van der Waals surface area contributed by atoms with Gasteiger partial charge in [0.25, 0.3) is 0 Å². The Morgan fingerprint density at radius 3 is 2.43 bits per heavy atom. The molecule has 0 atom stereocenters. The second-order valence-electron chi connectivity index (χ2n) is 4.40. The van der Waals surface area contributed by atoms with E-state index in [0.29, 0.717) is 10.2 Å². The van der Waals surface area contributed by atoms with Gasteiger partial charge in [-0.15, -0.1) is 0 Å². The predicted octanol–water partition coefficient (Wildman–Crippen LogP) is 5.38. The van der Waals surface area contributed by atoms with Crippen molar-refractivity contribution >= 4 is 22.2 Å². The number of aryl methyl sites for hydroxylation is 1. The minimum Gasteiger partial charge on any atom is -0.456 e. The number of rotatable bonds is 3. The third-order valence-electron chi connectivity index (χ3n) is 2.77. The van der Waals surface area contributed by atoms with Crippen molar-refractivity contribution in [2.45, 2.75) is 13.1 Å². The lowest BCUT2D eigenvalue weighted by atomic mass is 10.1. The van der Waals surface area contributed by atoms with E-state index < -0.39 is 17.3 Å². The number of halogens is 4. The first-order chi connectivity index (χ1) is 9.81. The van der Waals surface area contributed by atoms with E-state index in [4.69, 9.17) is 4.74 Å². The van der Waals surface area contributed by atoms with Gasteiger partial charge in [0.05, 0.1) is 10.0 Å². The number of alkyl halides is 3. The summed E-state index contributed by atoms with van der Waals surface area (Å²) in [5, 5.41) is 0. The van der Waals surface area contributed by atoms with E-state index in [0.717, 1.165) is 17.7 Å². The number of hydrogen-bond acceptors (Lipinski definition) is 2. The summed E-state index contributed by atoms with van der Waals surface area (Å²) in [7, 11) is 0. The van der Waals surface area contributed by atoms with Crippen LogP contribution in [0.25, 0.3) is 0 Å². The summed E-state index contributed by atoms with van der Waals surface area (Å²) in [6.45, 7) is 1.88. The van der Waals surface area contributed by atoms with Crippen molar-refractivity contribution in [1.82, 2.24) is 0 Å². The highest BCUT2D eigenvalue weighted by Crippen LogP contribution is 2.36. The molecule has 6 heteroatoms. The Bertz CT molecular complexity index is 681. The molecule has 0 saturated carbocycles. The SMILES string of the molecule is Cc1ccc(Oc2ccc(C=O)c(C(F)(F)F)c2)c(Br)c1. The van der Waals surface area contributed by atoms with E-state index in [1.165, 1.54) is 6.07 Å². The fraction of sp³-hybridized carbons (Fsp3) is 0.133. The maximum atomic E-state index is 12.9. The maximum absolute atomic E-state index is 12.9. The van der Waals surface area contributed by atoms with Crippen LogP contribution in [-0.2, 0) is 6.18 Å². The number of carbonyl (C=O) groups excluding carboxylic acids is 1. The fourth-order valence-corrected chi connectivity index (χ4v) is 2.34. The van der Waals surface area contributed by atoms with Crippen LogP contribution in [-0.4, -0.2) is 6.29 Å². The molecule has 0 unspecified atom stereocenters. The number of hydrogen-bond donors (Lipinski definition) is 0. The molecule has 0 aliphatic carbocycles. The Morgan fingerprint density at radius 1 is 1.14 bits per heavy atom. The van der Waals surface area contributed by atoms with Crippen molar-refractivity contribution in [2.24, 2.45) is 0 Å². The van der Waals surface area contributed by atoms with Gasteiger partial charge in [-0.1, -0.05) is 6.07 Å². The monoisotopic (exact) mass is 358 g/mol. The normalized spacial score (nSPS) is 11.3. The first-order valence-electron chi connectivity index (χ1n) is 5.91. The van der Waals surface area contributed by atoms with Crippen LogP contribution in [0, 0.1) is 6.92 Å². The van der Waals surface area contributed by atoms with Crippen molar-refractivity contribution < 1.29 is 22.7 Å². The molecular formula is C15H10BrF3O2. The van der Waals surface area contributed by atoms with Crippen LogP contribution in [0.15, 0.2) is 40.9 Å². The van der Waals surface area contributed by atoms with Gasteiger partial charge in [-0.2, -0.15) is 13.2 Å². The Kier molecular flexibility index (Phi) is 4.37. The van der Waals surface area contributed by atoms with E-state index >= 15 is 0 Å². The highest BCUT2D eigenvalue weighted by molar-refractivity contribution is 9.10. The van der Waals surface area contributed by atoms with Gasteiger partial charge in [-0.3, -0.25) is 4.79 Å². The van der Waals surface area contributed by atoms with E-state index in [9.17, 15) is 18.0 Å². The molecule has 0 N–H and O–H groups in total. The average molecular weight is 359 g/mol. The van der Waals surface area contributed by atoms with Crippen LogP contribution in [0.5, 0.6) is 11.5 Å². The van der Waals surface area contributed by atoms with Crippen LogP contribution in [0.3, 0.4) is 0 Å². The van der Waals surface area contributed by atoms with Crippen molar-refractivity contribution in [2.75, 3.05) is 0 Å². The Balaban J connectivity index is 2.39. The third kappa shape index (κ3) is 3.64. The molecule has 0 fully saturated rings. The van der Waals surface area contributed by atoms with Gasteiger partial charge in [-0.25, -0.2) is 0 Å². The molecule has 2 aromatic rings. The lowest BCUT2D eigenvalue weighted by Gasteiger charge is -2.13. The standard InChI is InChI=1S/C15H10BrF3O2/c1-9-2-5-14(13(16)6-9)21-11-4-3-10(8-20)12(7-11)15(17,18)19/h2-8H,1H3. The van der Waals surface area contributed by atoms with Crippen LogP contribution in [0.2, 0.25) is 0 Å². The zero-order valence-electron chi connectivity index (χ0n) is 10.9. The van der Waals surface area contributed by atoms with Crippen LogP contribution in [0.1, 0.15) is 21.5 Å².